The van der Waals surface area contributed by atoms with Gasteiger partial charge in [0, 0.05) is 26.4 Å². The highest BCUT2D eigenvalue weighted by atomic mass is 32.2. The molecule has 0 fully saturated rings. The van der Waals surface area contributed by atoms with Gasteiger partial charge in [-0.15, -0.1) is 34.0 Å². The van der Waals surface area contributed by atoms with Crippen LogP contribution in [0.25, 0.3) is 30.6 Å². The average Bonchev–Trinajstić information content (AvgIpc) is 3.64. The maximum atomic E-state index is 12.2. The van der Waals surface area contributed by atoms with E-state index in [1.54, 1.807) is 22.7 Å². The molecule has 4 rings (SSSR count). The van der Waals surface area contributed by atoms with Gasteiger partial charge in [-0.1, -0.05) is 52.4 Å². The quantitative estimate of drug-likeness (QED) is 0.127. The van der Waals surface area contributed by atoms with E-state index >= 15 is 0 Å². The van der Waals surface area contributed by atoms with Crippen LogP contribution in [-0.2, 0) is 12.8 Å². The van der Waals surface area contributed by atoms with Crippen molar-refractivity contribution >= 4 is 49.8 Å². The molecule has 4 aromatic heterocycles. The predicted molar refractivity (Wildman–Crippen MR) is 158 cm³/mol. The maximum absolute atomic E-state index is 12.2. The summed E-state index contributed by atoms with van der Waals surface area (Å²) in [5.74, 6) is 0. The first-order valence-corrected chi connectivity index (χ1v) is 16.7. The second-order valence-corrected chi connectivity index (χ2v) is 13.4. The summed E-state index contributed by atoms with van der Waals surface area (Å²) in [6, 6.07) is 8.84. The van der Waals surface area contributed by atoms with Crippen LogP contribution >= 0.6 is 44.5 Å². The van der Waals surface area contributed by atoms with Crippen LogP contribution in [0.4, 0.5) is 4.79 Å². The first kappa shape index (κ1) is 26.3. The molecule has 1 unspecified atom stereocenters. The molecule has 4 heterocycles. The molecule has 0 radical (unpaired) electrons. The molecular weight excluding hydrogens is 509 g/mol. The number of hydrogen-bond acceptors (Lipinski definition) is 4. The highest BCUT2D eigenvalue weighted by Gasteiger charge is 2.31. The fourth-order valence-corrected chi connectivity index (χ4v) is 9.47. The number of aryl methyl sites for hydroxylation is 2. The molecule has 4 aromatic rings. The lowest BCUT2D eigenvalue weighted by Crippen LogP contribution is -1.91. The molecule has 0 aliphatic rings. The summed E-state index contributed by atoms with van der Waals surface area (Å²) >= 11 is 5.32. The highest BCUT2D eigenvalue weighted by molar-refractivity contribution is 7.52. The van der Waals surface area contributed by atoms with Crippen molar-refractivity contribution in [1.82, 2.24) is 0 Å². The van der Waals surface area contributed by atoms with Gasteiger partial charge in [-0.25, -0.2) is 0 Å². The second kappa shape index (κ2) is 13.0. The zero-order valence-electron chi connectivity index (χ0n) is 20.7. The molecule has 0 saturated heterocycles. The zero-order chi connectivity index (χ0) is 24.6. The Morgan fingerprint density at radius 2 is 1.29 bits per heavy atom. The first-order valence-electron chi connectivity index (χ1n) is 12.8. The van der Waals surface area contributed by atoms with Gasteiger partial charge in [0.2, 0.25) is 4.88 Å². The van der Waals surface area contributed by atoms with Gasteiger partial charge in [0.1, 0.15) is 10.5 Å². The van der Waals surface area contributed by atoms with Gasteiger partial charge >= 0.3 is 5.30 Å². The Labute approximate surface area is 224 Å². The second-order valence-electron chi connectivity index (χ2n) is 8.98. The minimum absolute atomic E-state index is 0.724. The largest absolute Gasteiger partial charge is 0.552 e. The summed E-state index contributed by atoms with van der Waals surface area (Å²) in [4.78, 5) is 17.1. The molecule has 0 saturated carbocycles. The molecule has 0 aromatic carbocycles. The average molecular weight is 544 g/mol. The van der Waals surface area contributed by atoms with Crippen LogP contribution in [0.5, 0.6) is 0 Å². The van der Waals surface area contributed by atoms with E-state index in [-0.39, 0.29) is 0 Å². The lowest BCUT2D eigenvalue weighted by Gasteiger charge is -2.07. The SMILES string of the molecule is CCCCCCc1ccsc1-c1ccsc1-c1ccsc1-c1c(CCCCCC)cc[s+]1C(=O)O. The molecule has 35 heavy (non-hydrogen) atoms. The van der Waals surface area contributed by atoms with Crippen LogP contribution in [-0.4, -0.2) is 10.4 Å². The summed E-state index contributed by atoms with van der Waals surface area (Å²) in [7, 11) is -0.876. The van der Waals surface area contributed by atoms with Gasteiger partial charge in [0.15, 0.2) is 5.38 Å². The summed E-state index contributed by atoms with van der Waals surface area (Å²) in [5, 5.41) is 17.8. The third kappa shape index (κ3) is 6.16. The van der Waals surface area contributed by atoms with Crippen molar-refractivity contribution in [2.45, 2.75) is 78.1 Å². The van der Waals surface area contributed by atoms with Crippen LogP contribution in [0.1, 0.15) is 76.3 Å². The van der Waals surface area contributed by atoms with Crippen LogP contribution < -0.4 is 0 Å². The molecule has 0 spiro atoms. The lowest BCUT2D eigenvalue weighted by atomic mass is 10.0. The van der Waals surface area contributed by atoms with Gasteiger partial charge in [0.25, 0.3) is 0 Å². The van der Waals surface area contributed by atoms with E-state index in [9.17, 15) is 9.90 Å². The van der Waals surface area contributed by atoms with Crippen LogP contribution in [0.3, 0.4) is 0 Å². The van der Waals surface area contributed by atoms with Gasteiger partial charge in [-0.2, -0.15) is 4.79 Å². The Bertz CT molecular complexity index is 1220. The molecule has 1 atom stereocenters. The topological polar surface area (TPSA) is 37.3 Å². The number of unbranched alkanes of at least 4 members (excludes halogenated alkanes) is 6. The third-order valence-corrected chi connectivity index (χ3v) is 11.2. The Kier molecular flexibility index (Phi) is 9.78. The summed E-state index contributed by atoms with van der Waals surface area (Å²) in [6.45, 7) is 4.48. The highest BCUT2D eigenvalue weighted by Crippen LogP contribution is 2.50. The minimum Gasteiger partial charge on any atom is -0.437 e. The van der Waals surface area contributed by atoms with E-state index in [0.717, 1.165) is 29.0 Å². The third-order valence-electron chi connectivity index (χ3n) is 6.48. The fourth-order valence-electron chi connectivity index (χ4n) is 4.64. The molecule has 0 amide bonds. The van der Waals surface area contributed by atoms with Crippen molar-refractivity contribution in [2.24, 2.45) is 0 Å². The Hall–Kier alpha value is -1.73. The standard InChI is InChI=1S/C29H34O2S4/c1-3-5-7-9-11-21-13-17-32-25(21)23-14-18-33-26(23)24-15-19-34-27(24)28-22(12-10-8-6-4-2)16-20-35(28)29(30)31/h13-20H,3-12H2,1-2H3/p+1. The molecular formula is C29H35O2S4+. The monoisotopic (exact) mass is 543 g/mol. The predicted octanol–water partition coefficient (Wildman–Crippen LogP) is 11.4. The molecule has 2 nitrogen and oxygen atoms in total. The Balaban J connectivity index is 1.68. The van der Waals surface area contributed by atoms with Crippen molar-refractivity contribution in [2.75, 3.05) is 0 Å². The van der Waals surface area contributed by atoms with E-state index < -0.39 is 15.8 Å². The lowest BCUT2D eigenvalue weighted by molar-refractivity contribution is 0.221. The van der Waals surface area contributed by atoms with Crippen molar-refractivity contribution in [1.29, 1.82) is 0 Å². The van der Waals surface area contributed by atoms with Crippen molar-refractivity contribution in [3.63, 3.8) is 0 Å². The van der Waals surface area contributed by atoms with Gasteiger partial charge in [0.05, 0.1) is 4.88 Å². The minimum atomic E-state index is -0.876. The van der Waals surface area contributed by atoms with E-state index in [1.807, 2.05) is 16.7 Å². The van der Waals surface area contributed by atoms with E-state index in [2.05, 4.69) is 54.3 Å². The fraction of sp³-hybridized carbons (Fsp3) is 0.414. The number of carbonyl (C=O) groups is 1. The summed E-state index contributed by atoms with van der Waals surface area (Å²) < 4.78 is 0. The molecule has 0 aliphatic carbocycles. The summed E-state index contributed by atoms with van der Waals surface area (Å²) in [5.41, 5.74) is 5.18. The maximum Gasteiger partial charge on any atom is 0.552 e. The van der Waals surface area contributed by atoms with Gasteiger partial charge in [-0.05, 0) is 71.7 Å². The molecule has 0 bridgehead atoms. The van der Waals surface area contributed by atoms with Crippen molar-refractivity contribution in [3.05, 3.63) is 56.9 Å². The first-order chi connectivity index (χ1) is 17.2. The van der Waals surface area contributed by atoms with Crippen LogP contribution in [0.2, 0.25) is 0 Å². The van der Waals surface area contributed by atoms with E-state index in [4.69, 9.17) is 0 Å². The molecule has 6 heteroatoms. The van der Waals surface area contributed by atoms with Gasteiger partial charge < -0.3 is 5.11 Å². The Morgan fingerprint density at radius 1 is 0.714 bits per heavy atom. The summed E-state index contributed by atoms with van der Waals surface area (Å²) in [6.07, 6.45) is 11.9. The molecule has 186 valence electrons. The number of hydrogen-bond donors (Lipinski definition) is 1. The van der Waals surface area contributed by atoms with Crippen LogP contribution in [0, 0.1) is 0 Å². The smallest absolute Gasteiger partial charge is 0.437 e. The molecule has 0 aliphatic heterocycles. The van der Waals surface area contributed by atoms with Crippen molar-refractivity contribution < 1.29 is 9.90 Å². The van der Waals surface area contributed by atoms with Crippen LogP contribution in [0.15, 0.2) is 45.8 Å². The zero-order valence-corrected chi connectivity index (χ0v) is 23.9. The number of thiophene rings is 4. The number of rotatable bonds is 14. The van der Waals surface area contributed by atoms with Crippen molar-refractivity contribution in [3.8, 4) is 30.6 Å². The van der Waals surface area contributed by atoms with E-state index in [1.165, 1.54) is 77.0 Å². The van der Waals surface area contributed by atoms with Gasteiger partial charge in [-0.3, -0.25) is 0 Å². The molecule has 1 N–H and O–H groups in total. The van der Waals surface area contributed by atoms with E-state index in [0.29, 0.717) is 0 Å². The number of carboxylic acid groups (broad SMARTS) is 1. The normalized spacial score (nSPS) is 11.9. The Morgan fingerprint density at radius 3 is 1.94 bits per heavy atom.